The average molecular weight is 351 g/mol. The first kappa shape index (κ1) is 22.3. The van der Waals surface area contributed by atoms with Crippen molar-refractivity contribution < 1.29 is 9.90 Å². The van der Waals surface area contributed by atoms with Crippen LogP contribution in [0.4, 0.5) is 0 Å². The quantitative estimate of drug-likeness (QED) is 0.203. The topological polar surface area (TPSA) is 37.3 Å². The zero-order chi connectivity index (χ0) is 18.2. The first-order valence-electron chi connectivity index (χ1n) is 11.1. The van der Waals surface area contributed by atoms with Gasteiger partial charge in [-0.15, -0.1) is 0 Å². The number of carbonyl (C=O) groups is 1. The van der Waals surface area contributed by atoms with Gasteiger partial charge in [-0.2, -0.15) is 0 Å². The van der Waals surface area contributed by atoms with Crippen LogP contribution in [0.2, 0.25) is 0 Å². The number of hydrogen-bond donors (Lipinski definition) is 1. The van der Waals surface area contributed by atoms with E-state index in [0.717, 1.165) is 19.3 Å². The molecule has 1 fully saturated rings. The van der Waals surface area contributed by atoms with Crippen LogP contribution in [0.1, 0.15) is 122 Å². The Kier molecular flexibility index (Phi) is 12.8. The van der Waals surface area contributed by atoms with Gasteiger partial charge in [-0.3, -0.25) is 4.79 Å². The minimum absolute atomic E-state index is 0.201. The SMILES string of the molecule is CCCCCCCCC=CCCCCCCCCC1(CC(=O)O)CC1. The summed E-state index contributed by atoms with van der Waals surface area (Å²) in [5.41, 5.74) is 0.201. The van der Waals surface area contributed by atoms with Crippen LogP contribution in [0.3, 0.4) is 0 Å². The summed E-state index contributed by atoms with van der Waals surface area (Å²) >= 11 is 0. The second-order valence-corrected chi connectivity index (χ2v) is 8.26. The molecular weight excluding hydrogens is 308 g/mol. The van der Waals surface area contributed by atoms with Gasteiger partial charge in [0.2, 0.25) is 0 Å². The van der Waals surface area contributed by atoms with Gasteiger partial charge in [0.15, 0.2) is 0 Å². The number of hydrogen-bond acceptors (Lipinski definition) is 1. The average Bonchev–Trinajstić information content (AvgIpc) is 3.33. The van der Waals surface area contributed by atoms with Crippen LogP contribution in [-0.2, 0) is 4.79 Å². The molecule has 0 aromatic heterocycles. The third kappa shape index (κ3) is 13.1. The van der Waals surface area contributed by atoms with Gasteiger partial charge in [0, 0.05) is 0 Å². The minimum Gasteiger partial charge on any atom is -0.481 e. The van der Waals surface area contributed by atoms with Crippen molar-refractivity contribution in [3.05, 3.63) is 12.2 Å². The molecule has 1 aliphatic carbocycles. The van der Waals surface area contributed by atoms with Gasteiger partial charge in [0.1, 0.15) is 0 Å². The maximum absolute atomic E-state index is 10.8. The highest BCUT2D eigenvalue weighted by Crippen LogP contribution is 2.52. The van der Waals surface area contributed by atoms with E-state index >= 15 is 0 Å². The maximum atomic E-state index is 10.8. The molecule has 0 aromatic rings. The van der Waals surface area contributed by atoms with Crippen molar-refractivity contribution >= 4 is 5.97 Å². The van der Waals surface area contributed by atoms with Crippen molar-refractivity contribution in [2.45, 2.75) is 122 Å². The predicted molar refractivity (Wildman–Crippen MR) is 108 cm³/mol. The summed E-state index contributed by atoms with van der Waals surface area (Å²) in [6.45, 7) is 2.27. The minimum atomic E-state index is -0.609. The van der Waals surface area contributed by atoms with Crippen LogP contribution >= 0.6 is 0 Å². The lowest BCUT2D eigenvalue weighted by Crippen LogP contribution is -2.08. The normalized spacial score (nSPS) is 15.7. The number of allylic oxidation sites excluding steroid dienone is 2. The van der Waals surface area contributed by atoms with Crippen molar-refractivity contribution in [1.29, 1.82) is 0 Å². The lowest BCUT2D eigenvalue weighted by atomic mass is 9.94. The van der Waals surface area contributed by atoms with E-state index in [2.05, 4.69) is 19.1 Å². The molecule has 0 radical (unpaired) electrons. The van der Waals surface area contributed by atoms with Crippen molar-refractivity contribution in [1.82, 2.24) is 0 Å². The molecule has 0 unspecified atom stereocenters. The molecule has 0 saturated heterocycles. The molecule has 2 heteroatoms. The van der Waals surface area contributed by atoms with E-state index in [1.54, 1.807) is 0 Å². The molecule has 0 bridgehead atoms. The van der Waals surface area contributed by atoms with Gasteiger partial charge < -0.3 is 5.11 Å². The largest absolute Gasteiger partial charge is 0.481 e. The first-order valence-corrected chi connectivity index (χ1v) is 11.1. The van der Waals surface area contributed by atoms with Gasteiger partial charge in [0.25, 0.3) is 0 Å². The van der Waals surface area contributed by atoms with E-state index in [1.807, 2.05) is 0 Å². The second kappa shape index (κ2) is 14.4. The van der Waals surface area contributed by atoms with Crippen LogP contribution < -0.4 is 0 Å². The van der Waals surface area contributed by atoms with Gasteiger partial charge in [-0.1, -0.05) is 83.3 Å². The Balaban J connectivity index is 1.77. The Hall–Kier alpha value is -0.790. The van der Waals surface area contributed by atoms with E-state index in [4.69, 9.17) is 5.11 Å². The van der Waals surface area contributed by atoms with Gasteiger partial charge >= 0.3 is 5.97 Å². The van der Waals surface area contributed by atoms with Crippen LogP contribution in [-0.4, -0.2) is 11.1 Å². The number of rotatable bonds is 18. The van der Waals surface area contributed by atoms with Crippen molar-refractivity contribution in [2.24, 2.45) is 5.41 Å². The van der Waals surface area contributed by atoms with E-state index in [9.17, 15) is 4.79 Å². The fourth-order valence-corrected chi connectivity index (χ4v) is 3.76. The van der Waals surface area contributed by atoms with Crippen molar-refractivity contribution in [3.63, 3.8) is 0 Å². The lowest BCUT2D eigenvalue weighted by molar-refractivity contribution is -0.138. The highest BCUT2D eigenvalue weighted by atomic mass is 16.4. The Bertz CT molecular complexity index is 355. The zero-order valence-corrected chi connectivity index (χ0v) is 16.7. The molecule has 25 heavy (non-hydrogen) atoms. The fraction of sp³-hybridized carbons (Fsp3) is 0.870. The summed E-state index contributed by atoms with van der Waals surface area (Å²) in [6.07, 6.45) is 27.3. The van der Waals surface area contributed by atoms with Gasteiger partial charge in [-0.05, 0) is 50.4 Å². The second-order valence-electron chi connectivity index (χ2n) is 8.26. The molecule has 2 nitrogen and oxygen atoms in total. The molecule has 0 atom stereocenters. The molecule has 0 spiro atoms. The highest BCUT2D eigenvalue weighted by Gasteiger charge is 2.43. The molecule has 1 saturated carbocycles. The molecule has 0 heterocycles. The molecule has 0 aromatic carbocycles. The summed E-state index contributed by atoms with van der Waals surface area (Å²) < 4.78 is 0. The standard InChI is InChI=1S/C23H42O2/c1-2-3-4-5-6-7-8-9-10-11-12-13-14-15-16-17-18-23(19-20-23)21-22(24)25/h9-10H,2-8,11-21H2,1H3,(H,24,25). The molecule has 1 rings (SSSR count). The summed E-state index contributed by atoms with van der Waals surface area (Å²) in [6, 6.07) is 0. The summed E-state index contributed by atoms with van der Waals surface area (Å²) in [4.78, 5) is 10.8. The first-order chi connectivity index (χ1) is 12.2. The predicted octanol–water partition coefficient (Wildman–Crippen LogP) is 7.67. The monoisotopic (exact) mass is 350 g/mol. The summed E-state index contributed by atoms with van der Waals surface area (Å²) in [5.74, 6) is -0.609. The number of carboxylic acid groups (broad SMARTS) is 1. The Morgan fingerprint density at radius 1 is 0.800 bits per heavy atom. The van der Waals surface area contributed by atoms with Gasteiger partial charge in [-0.25, -0.2) is 0 Å². The van der Waals surface area contributed by atoms with Crippen LogP contribution in [0.15, 0.2) is 12.2 Å². The molecular formula is C23H42O2. The molecule has 0 aliphatic heterocycles. The Morgan fingerprint density at radius 3 is 1.76 bits per heavy atom. The number of carboxylic acids is 1. The Labute approximate surface area is 156 Å². The van der Waals surface area contributed by atoms with Crippen molar-refractivity contribution in [3.8, 4) is 0 Å². The van der Waals surface area contributed by atoms with E-state index in [0.29, 0.717) is 6.42 Å². The van der Waals surface area contributed by atoms with E-state index in [-0.39, 0.29) is 5.41 Å². The highest BCUT2D eigenvalue weighted by molar-refractivity contribution is 5.68. The zero-order valence-electron chi connectivity index (χ0n) is 16.7. The molecule has 1 N–H and O–H groups in total. The van der Waals surface area contributed by atoms with Crippen molar-refractivity contribution in [2.75, 3.05) is 0 Å². The van der Waals surface area contributed by atoms with E-state index < -0.39 is 5.97 Å². The van der Waals surface area contributed by atoms with Crippen LogP contribution in [0.5, 0.6) is 0 Å². The van der Waals surface area contributed by atoms with Gasteiger partial charge in [0.05, 0.1) is 6.42 Å². The molecule has 1 aliphatic rings. The number of aliphatic carboxylic acids is 1. The summed E-state index contributed by atoms with van der Waals surface area (Å²) in [5, 5.41) is 8.92. The summed E-state index contributed by atoms with van der Waals surface area (Å²) in [7, 11) is 0. The third-order valence-electron chi connectivity index (χ3n) is 5.70. The maximum Gasteiger partial charge on any atom is 0.303 e. The van der Waals surface area contributed by atoms with Crippen LogP contribution in [0.25, 0.3) is 0 Å². The van der Waals surface area contributed by atoms with E-state index in [1.165, 1.54) is 89.9 Å². The Morgan fingerprint density at radius 2 is 1.28 bits per heavy atom. The third-order valence-corrected chi connectivity index (χ3v) is 5.70. The molecule has 0 amide bonds. The van der Waals surface area contributed by atoms with Crippen LogP contribution in [0, 0.1) is 5.41 Å². The fourth-order valence-electron chi connectivity index (χ4n) is 3.76. The number of unbranched alkanes of at least 4 members (excludes halogenated alkanes) is 12. The smallest absolute Gasteiger partial charge is 0.303 e. The lowest BCUT2D eigenvalue weighted by Gasteiger charge is -2.11. The molecule has 146 valence electrons.